The average Bonchev–Trinajstić information content (AvgIpc) is 1.49. The number of rotatable bonds is 3. The molecule has 0 aromatic heterocycles. The molecule has 0 saturated carbocycles. The number of hydrogen-bond donors (Lipinski definition) is 0. The van der Waals surface area contributed by atoms with E-state index in [1.54, 1.807) is 0 Å². The highest BCUT2D eigenvalue weighted by molar-refractivity contribution is 7.64. The summed E-state index contributed by atoms with van der Waals surface area (Å²) in [6, 6.07) is 0. The summed E-state index contributed by atoms with van der Waals surface area (Å²) in [6.07, 6.45) is -2.75. The van der Waals surface area contributed by atoms with E-state index in [1.165, 1.54) is 0 Å². The van der Waals surface area contributed by atoms with Gasteiger partial charge in [0.15, 0.2) is 0 Å². The van der Waals surface area contributed by atoms with Gasteiger partial charge in [0.2, 0.25) is 0 Å². The van der Waals surface area contributed by atoms with E-state index >= 15 is 0 Å². The van der Waals surface area contributed by atoms with Crippen LogP contribution in [0.1, 0.15) is 0 Å². The predicted molar refractivity (Wildman–Crippen MR) is 62.2 cm³/mol. The summed E-state index contributed by atoms with van der Waals surface area (Å²) >= 11 is 17.9. The van der Waals surface area contributed by atoms with Crippen molar-refractivity contribution in [2.24, 2.45) is 0 Å². The van der Waals surface area contributed by atoms with Crippen molar-refractivity contribution in [2.75, 3.05) is 14.1 Å². The zero-order valence-electron chi connectivity index (χ0n) is 8.03. The molecule has 0 bridgehead atoms. The van der Waals surface area contributed by atoms with Crippen LogP contribution < -0.4 is 0 Å². The third-order valence-corrected chi connectivity index (χ3v) is 9.56. The Balaban J connectivity index is 4.70. The van der Waals surface area contributed by atoms with Crippen LogP contribution in [0.5, 0.6) is 0 Å². The number of halogens is 3. The Morgan fingerprint density at radius 3 is 1.25 bits per heavy atom. The van der Waals surface area contributed by atoms with E-state index in [9.17, 15) is 0 Å². The lowest BCUT2D eigenvalue weighted by molar-refractivity contribution is 0.215. The molecule has 0 unspecified atom stereocenters. The van der Waals surface area contributed by atoms with Crippen LogP contribution in [0.3, 0.4) is 0 Å². The second-order valence-electron chi connectivity index (χ2n) is 3.80. The monoisotopic (exact) mass is 264 g/mol. The first-order valence-electron chi connectivity index (χ1n) is 3.61. The first-order valence-corrected chi connectivity index (χ1v) is 12.0. The van der Waals surface area contributed by atoms with Crippen LogP contribution in [-0.2, 0) is 0 Å². The molecule has 74 valence electrons. The van der Waals surface area contributed by atoms with Crippen LogP contribution in [0.2, 0.25) is 19.6 Å². The van der Waals surface area contributed by atoms with Crippen LogP contribution in [-0.4, -0.2) is 37.8 Å². The molecule has 0 spiro atoms. The molecule has 0 saturated heterocycles. The fraction of sp³-hybridized carbons (Fsp3) is 1.00. The van der Waals surface area contributed by atoms with Crippen molar-refractivity contribution in [1.29, 1.82) is 0 Å². The maximum Gasteiger partial charge on any atom is 0.431 e. The van der Waals surface area contributed by atoms with Crippen molar-refractivity contribution in [3.63, 3.8) is 0 Å². The summed E-state index contributed by atoms with van der Waals surface area (Å²) in [5, 5.41) is 1.89. The van der Waals surface area contributed by atoms with Gasteiger partial charge in [-0.05, 0) is 0 Å². The zero-order valence-corrected chi connectivity index (χ0v) is 12.3. The van der Waals surface area contributed by atoms with E-state index in [4.69, 9.17) is 33.2 Å². The number of hydrogen-bond acceptors (Lipinski definition) is 2. The summed E-state index contributed by atoms with van der Waals surface area (Å²) in [6.45, 7) is 6.46. The highest BCUT2D eigenvalue weighted by atomic mass is 35.8. The smallest absolute Gasteiger partial charge is 0.258 e. The van der Waals surface area contributed by atoms with Gasteiger partial charge in [0.25, 0.3) is 0 Å². The van der Waals surface area contributed by atoms with Gasteiger partial charge in [0, 0.05) is 14.1 Å². The first kappa shape index (κ1) is 13.2. The van der Waals surface area contributed by atoms with Gasteiger partial charge in [-0.1, -0.05) is 19.6 Å². The first-order chi connectivity index (χ1) is 5.07. The second kappa shape index (κ2) is 4.17. The van der Waals surface area contributed by atoms with Gasteiger partial charge in [-0.15, -0.1) is 33.2 Å². The van der Waals surface area contributed by atoms with Crippen molar-refractivity contribution in [3.05, 3.63) is 0 Å². The van der Waals surface area contributed by atoms with Crippen molar-refractivity contribution in [2.45, 2.75) is 19.6 Å². The largest absolute Gasteiger partial charge is 0.431 e. The van der Waals surface area contributed by atoms with E-state index in [2.05, 4.69) is 19.6 Å². The Bertz CT molecular complexity index is 138. The predicted octanol–water partition coefficient (Wildman–Crippen LogP) is 2.75. The topological polar surface area (TPSA) is 6.48 Å². The maximum absolute atomic E-state index is 5.97. The van der Waals surface area contributed by atoms with E-state index < -0.39 is 14.4 Å². The van der Waals surface area contributed by atoms with Gasteiger partial charge >= 0.3 is 6.16 Å². The molecule has 0 atom stereocenters. The lowest BCUT2D eigenvalue weighted by atomic mass is 11.2. The summed E-state index contributed by atoms with van der Waals surface area (Å²) in [5.41, 5.74) is 0. The van der Waals surface area contributed by atoms with Crippen LogP contribution in [0.4, 0.5) is 0 Å². The molecular weight excluding hydrogens is 251 g/mol. The van der Waals surface area contributed by atoms with Gasteiger partial charge in [-0.3, -0.25) is 5.01 Å². The minimum absolute atomic E-state index is 1.56. The molecule has 0 aromatic rings. The van der Waals surface area contributed by atoms with E-state index in [1.807, 2.05) is 23.4 Å². The molecule has 0 aliphatic heterocycles. The van der Waals surface area contributed by atoms with Crippen molar-refractivity contribution in [3.8, 4) is 0 Å². The lowest BCUT2D eigenvalue weighted by Gasteiger charge is -2.42. The summed E-state index contributed by atoms with van der Waals surface area (Å²) < 4.78 is 1.95. The molecule has 0 aliphatic rings. The SMILES string of the molecule is CN(C)N([Si](C)(C)C)[Si](Cl)(Cl)Cl. The summed E-state index contributed by atoms with van der Waals surface area (Å²) in [7, 11) is 2.26. The normalized spacial score (nSPS) is 14.5. The van der Waals surface area contributed by atoms with Crippen LogP contribution in [0, 0.1) is 0 Å². The third-order valence-electron chi connectivity index (χ3n) is 1.28. The molecule has 0 N–H and O–H groups in total. The Morgan fingerprint density at radius 1 is 0.917 bits per heavy atom. The van der Waals surface area contributed by atoms with Crippen molar-refractivity contribution >= 4 is 47.6 Å². The third kappa shape index (κ3) is 3.95. The minimum Gasteiger partial charge on any atom is -0.258 e. The van der Waals surface area contributed by atoms with Crippen LogP contribution >= 0.6 is 33.2 Å². The molecule has 0 heterocycles. The molecule has 7 heteroatoms. The van der Waals surface area contributed by atoms with Crippen molar-refractivity contribution < 1.29 is 0 Å². The van der Waals surface area contributed by atoms with Crippen molar-refractivity contribution in [1.82, 2.24) is 9.35 Å². The van der Waals surface area contributed by atoms with Gasteiger partial charge < -0.3 is 0 Å². The summed E-state index contributed by atoms with van der Waals surface area (Å²) in [4.78, 5) is 0. The minimum atomic E-state index is -2.75. The van der Waals surface area contributed by atoms with Gasteiger partial charge in [-0.25, -0.2) is 4.34 Å². The highest BCUT2D eigenvalue weighted by Gasteiger charge is 2.44. The van der Waals surface area contributed by atoms with E-state index in [0.717, 1.165) is 0 Å². The van der Waals surface area contributed by atoms with E-state index in [0.29, 0.717) is 0 Å². The quantitative estimate of drug-likeness (QED) is 0.440. The van der Waals surface area contributed by atoms with Gasteiger partial charge in [0.1, 0.15) is 8.24 Å². The summed E-state index contributed by atoms with van der Waals surface area (Å²) in [5.74, 6) is 0. The average molecular weight is 266 g/mol. The van der Waals surface area contributed by atoms with Crippen LogP contribution in [0.15, 0.2) is 0 Å². The molecular formula is C5H15Cl3N2Si2. The molecule has 0 fully saturated rings. The highest BCUT2D eigenvalue weighted by Crippen LogP contribution is 2.30. The molecule has 2 nitrogen and oxygen atoms in total. The molecule has 0 aliphatic carbocycles. The standard InChI is InChI=1S/C5H15Cl3N2Si2/c1-9(2)10(11(3,4)5)12(6,7)8/h1-5H3. The molecule has 0 rings (SSSR count). The Hall–Kier alpha value is 1.22. The Labute approximate surface area is 90.6 Å². The molecule has 0 amide bonds. The van der Waals surface area contributed by atoms with Crippen LogP contribution in [0.25, 0.3) is 0 Å². The maximum atomic E-state index is 5.97. The second-order valence-corrected chi connectivity index (χ2v) is 17.0. The van der Waals surface area contributed by atoms with E-state index in [-0.39, 0.29) is 0 Å². The molecule has 12 heavy (non-hydrogen) atoms. The Kier molecular flexibility index (Phi) is 4.59. The number of hydrazine groups is 1. The lowest BCUT2D eigenvalue weighted by Crippen LogP contribution is -2.61. The van der Waals surface area contributed by atoms with Gasteiger partial charge in [-0.2, -0.15) is 0 Å². The Morgan fingerprint density at radius 2 is 1.25 bits per heavy atom. The zero-order chi connectivity index (χ0) is 10.2. The van der Waals surface area contributed by atoms with Gasteiger partial charge in [0.05, 0.1) is 0 Å². The fourth-order valence-corrected chi connectivity index (χ4v) is 14.1. The molecule has 0 radical (unpaired) electrons. The molecule has 0 aromatic carbocycles. The fourth-order valence-electron chi connectivity index (χ4n) is 1.21. The number of nitrogens with zero attached hydrogens (tertiary/aromatic N) is 2.